The predicted octanol–water partition coefficient (Wildman–Crippen LogP) is 2.59. The highest BCUT2D eigenvalue weighted by atomic mass is 127. The van der Waals surface area contributed by atoms with Crippen LogP contribution in [0.15, 0.2) is 4.99 Å². The van der Waals surface area contributed by atoms with Crippen LogP contribution in [-0.2, 0) is 4.74 Å². The SMILES string of the molecule is CC(CN=C(N(C)C)N(C)C)CN(C)C(=O)OC(C)(C)C.I. The zero-order chi connectivity index (χ0) is 16.8. The molecule has 0 aliphatic carbocycles. The lowest BCUT2D eigenvalue weighted by Gasteiger charge is -2.27. The summed E-state index contributed by atoms with van der Waals surface area (Å²) >= 11 is 0. The molecule has 0 aromatic carbocycles. The van der Waals surface area contributed by atoms with Gasteiger partial charge in [-0.2, -0.15) is 0 Å². The molecule has 0 saturated heterocycles. The first-order valence-corrected chi connectivity index (χ1v) is 7.27. The Bertz CT molecular complexity index is 355. The Balaban J connectivity index is 0. The van der Waals surface area contributed by atoms with Gasteiger partial charge in [-0.3, -0.25) is 4.99 Å². The molecule has 0 saturated carbocycles. The molecule has 0 rings (SSSR count). The van der Waals surface area contributed by atoms with Crippen molar-refractivity contribution in [1.82, 2.24) is 14.7 Å². The van der Waals surface area contributed by atoms with Gasteiger partial charge in [0.25, 0.3) is 0 Å². The largest absolute Gasteiger partial charge is 0.444 e. The number of nitrogens with zero attached hydrogens (tertiary/aromatic N) is 4. The van der Waals surface area contributed by atoms with E-state index in [4.69, 9.17) is 4.74 Å². The van der Waals surface area contributed by atoms with E-state index < -0.39 is 5.60 Å². The van der Waals surface area contributed by atoms with Crippen LogP contribution in [0.25, 0.3) is 0 Å². The van der Waals surface area contributed by atoms with Crippen LogP contribution in [0.2, 0.25) is 0 Å². The maximum atomic E-state index is 11.9. The molecule has 0 heterocycles. The minimum Gasteiger partial charge on any atom is -0.444 e. The number of hydrogen-bond donors (Lipinski definition) is 0. The number of amides is 1. The van der Waals surface area contributed by atoms with Crippen molar-refractivity contribution in [2.45, 2.75) is 33.3 Å². The molecule has 0 fully saturated rings. The highest BCUT2D eigenvalue weighted by Crippen LogP contribution is 2.10. The molecule has 1 unspecified atom stereocenters. The number of hydrogen-bond acceptors (Lipinski definition) is 3. The molecule has 0 aliphatic heterocycles. The molecule has 0 aliphatic rings. The van der Waals surface area contributed by atoms with Gasteiger partial charge in [0, 0.05) is 48.3 Å². The van der Waals surface area contributed by atoms with Crippen LogP contribution in [0, 0.1) is 5.92 Å². The first-order chi connectivity index (χ1) is 9.44. The van der Waals surface area contributed by atoms with Gasteiger partial charge in [-0.25, -0.2) is 4.79 Å². The Morgan fingerprint density at radius 1 is 1.09 bits per heavy atom. The van der Waals surface area contributed by atoms with Crippen molar-refractivity contribution in [1.29, 1.82) is 0 Å². The van der Waals surface area contributed by atoms with E-state index in [0.29, 0.717) is 13.1 Å². The Morgan fingerprint density at radius 3 is 1.91 bits per heavy atom. The fourth-order valence-electron chi connectivity index (χ4n) is 1.86. The fraction of sp³-hybridized carbons (Fsp3) is 0.867. The van der Waals surface area contributed by atoms with Gasteiger partial charge in [-0.1, -0.05) is 6.92 Å². The van der Waals surface area contributed by atoms with Crippen LogP contribution < -0.4 is 0 Å². The first-order valence-electron chi connectivity index (χ1n) is 7.27. The number of guanidine groups is 1. The third-order valence-electron chi connectivity index (χ3n) is 2.64. The topological polar surface area (TPSA) is 48.4 Å². The maximum Gasteiger partial charge on any atom is 0.410 e. The van der Waals surface area contributed by atoms with Gasteiger partial charge in [0.2, 0.25) is 0 Å². The molecule has 0 N–H and O–H groups in total. The lowest BCUT2D eigenvalue weighted by molar-refractivity contribution is 0.0278. The lowest BCUT2D eigenvalue weighted by Crippen LogP contribution is -2.38. The zero-order valence-corrected chi connectivity index (χ0v) is 17.8. The standard InChI is InChI=1S/C15H32N4O2.HI/c1-12(10-16-13(17(5)6)18(7)8)11-19(9)14(20)21-15(2,3)4;/h12H,10-11H2,1-9H3;1H. The first kappa shape index (κ1) is 23.5. The van der Waals surface area contributed by atoms with Crippen molar-refractivity contribution in [3.8, 4) is 0 Å². The summed E-state index contributed by atoms with van der Waals surface area (Å²) < 4.78 is 5.34. The normalized spacial score (nSPS) is 11.9. The molecule has 0 aromatic rings. The number of carbonyl (C=O) groups excluding carboxylic acids is 1. The second-order valence-electron chi connectivity index (χ2n) is 6.90. The molecular formula is C15H33IN4O2. The zero-order valence-electron chi connectivity index (χ0n) is 15.5. The van der Waals surface area contributed by atoms with Gasteiger partial charge in [-0.05, 0) is 26.7 Å². The lowest BCUT2D eigenvalue weighted by atomic mass is 10.2. The molecule has 132 valence electrons. The Morgan fingerprint density at radius 2 is 1.55 bits per heavy atom. The van der Waals surface area contributed by atoms with Crippen molar-refractivity contribution in [3.05, 3.63) is 0 Å². The van der Waals surface area contributed by atoms with Gasteiger partial charge in [0.05, 0.1) is 0 Å². The monoisotopic (exact) mass is 428 g/mol. The summed E-state index contributed by atoms with van der Waals surface area (Å²) in [5.74, 6) is 1.18. The van der Waals surface area contributed by atoms with E-state index in [2.05, 4.69) is 11.9 Å². The van der Waals surface area contributed by atoms with Gasteiger partial charge < -0.3 is 19.4 Å². The Kier molecular flexibility index (Phi) is 10.8. The van der Waals surface area contributed by atoms with Crippen molar-refractivity contribution >= 4 is 36.0 Å². The van der Waals surface area contributed by atoms with Crippen molar-refractivity contribution < 1.29 is 9.53 Å². The Labute approximate surface area is 152 Å². The predicted molar refractivity (Wildman–Crippen MR) is 103 cm³/mol. The van der Waals surface area contributed by atoms with Gasteiger partial charge in [-0.15, -0.1) is 24.0 Å². The molecule has 1 atom stereocenters. The highest BCUT2D eigenvalue weighted by Gasteiger charge is 2.20. The van der Waals surface area contributed by atoms with Crippen LogP contribution in [0.3, 0.4) is 0 Å². The van der Waals surface area contributed by atoms with Crippen molar-refractivity contribution in [3.63, 3.8) is 0 Å². The molecule has 22 heavy (non-hydrogen) atoms. The number of ether oxygens (including phenoxy) is 1. The minimum atomic E-state index is -0.463. The van der Waals surface area contributed by atoms with E-state index in [0.717, 1.165) is 5.96 Å². The smallest absolute Gasteiger partial charge is 0.410 e. The van der Waals surface area contributed by atoms with Gasteiger partial charge in [0.1, 0.15) is 5.60 Å². The summed E-state index contributed by atoms with van der Waals surface area (Å²) in [6.45, 7) is 8.96. The second kappa shape index (κ2) is 10.1. The van der Waals surface area contributed by atoms with Crippen molar-refractivity contribution in [2.75, 3.05) is 48.3 Å². The van der Waals surface area contributed by atoms with Crippen LogP contribution in [-0.4, -0.2) is 80.7 Å². The minimum absolute atomic E-state index is 0. The molecule has 0 aromatic heterocycles. The van der Waals surface area contributed by atoms with E-state index in [1.807, 2.05) is 58.8 Å². The summed E-state index contributed by atoms with van der Waals surface area (Å²) in [4.78, 5) is 22.1. The molecule has 1 amide bonds. The van der Waals surface area contributed by atoms with E-state index in [1.165, 1.54) is 0 Å². The quantitative estimate of drug-likeness (QED) is 0.393. The molecular weight excluding hydrogens is 395 g/mol. The second-order valence-corrected chi connectivity index (χ2v) is 6.90. The van der Waals surface area contributed by atoms with E-state index in [1.54, 1.807) is 11.9 Å². The van der Waals surface area contributed by atoms with Crippen LogP contribution in [0.5, 0.6) is 0 Å². The fourth-order valence-corrected chi connectivity index (χ4v) is 1.86. The van der Waals surface area contributed by atoms with E-state index >= 15 is 0 Å². The molecule has 6 nitrogen and oxygen atoms in total. The number of aliphatic imine (C=N–C) groups is 1. The van der Waals surface area contributed by atoms with E-state index in [-0.39, 0.29) is 36.0 Å². The average molecular weight is 428 g/mol. The third-order valence-corrected chi connectivity index (χ3v) is 2.64. The summed E-state index contributed by atoms with van der Waals surface area (Å²) in [5, 5.41) is 0. The van der Waals surface area contributed by atoms with Crippen molar-refractivity contribution in [2.24, 2.45) is 10.9 Å². The number of rotatable bonds is 4. The number of halogens is 1. The van der Waals surface area contributed by atoms with E-state index in [9.17, 15) is 4.79 Å². The maximum absolute atomic E-state index is 11.9. The van der Waals surface area contributed by atoms with Crippen LogP contribution in [0.1, 0.15) is 27.7 Å². The highest BCUT2D eigenvalue weighted by molar-refractivity contribution is 14.0. The molecule has 0 radical (unpaired) electrons. The molecule has 7 heteroatoms. The summed E-state index contributed by atoms with van der Waals surface area (Å²) in [5.41, 5.74) is -0.463. The molecule has 0 spiro atoms. The summed E-state index contributed by atoms with van der Waals surface area (Å²) in [6, 6.07) is 0. The van der Waals surface area contributed by atoms with Crippen LogP contribution >= 0.6 is 24.0 Å². The molecule has 0 bridgehead atoms. The van der Waals surface area contributed by atoms with Gasteiger partial charge in [0.15, 0.2) is 5.96 Å². The average Bonchev–Trinajstić information content (AvgIpc) is 2.25. The summed E-state index contributed by atoms with van der Waals surface area (Å²) in [6.07, 6.45) is -0.293. The van der Waals surface area contributed by atoms with Gasteiger partial charge >= 0.3 is 6.09 Å². The van der Waals surface area contributed by atoms with Crippen LogP contribution in [0.4, 0.5) is 4.79 Å². The number of carbonyl (C=O) groups is 1. The summed E-state index contributed by atoms with van der Waals surface area (Å²) in [7, 11) is 9.63. The third kappa shape index (κ3) is 10.1. The Hall–Kier alpha value is -0.730.